The zero-order chi connectivity index (χ0) is 14.7. The normalized spacial score (nSPS) is 13.5. The third kappa shape index (κ3) is 2.55. The summed E-state index contributed by atoms with van der Waals surface area (Å²) in [6.07, 6.45) is -0.473. The van der Waals surface area contributed by atoms with Gasteiger partial charge in [0, 0.05) is 6.54 Å². The molecule has 0 atom stereocenters. The number of rotatable bonds is 2. The summed E-state index contributed by atoms with van der Waals surface area (Å²) >= 11 is 0. The number of ether oxygens (including phenoxy) is 1. The Morgan fingerprint density at radius 2 is 1.62 bits per heavy atom. The van der Waals surface area contributed by atoms with Crippen molar-refractivity contribution in [2.45, 2.75) is 0 Å². The molecular weight excluding hydrogens is 270 g/mol. The van der Waals surface area contributed by atoms with Crippen LogP contribution < -0.4 is 14.6 Å². The van der Waals surface area contributed by atoms with Crippen LogP contribution in [-0.4, -0.2) is 19.2 Å². The van der Waals surface area contributed by atoms with Crippen LogP contribution >= 0.6 is 0 Å². The van der Waals surface area contributed by atoms with Gasteiger partial charge in [-0.2, -0.15) is 0 Å². The van der Waals surface area contributed by atoms with Crippen LogP contribution in [-0.2, 0) is 0 Å². The van der Waals surface area contributed by atoms with Crippen LogP contribution in [0.3, 0.4) is 0 Å². The minimum atomic E-state index is -0.473. The first-order valence-corrected chi connectivity index (χ1v) is 6.54. The maximum Gasteiger partial charge on any atom is 0.419 e. The maximum absolute atomic E-state index is 12.3. The van der Waals surface area contributed by atoms with Crippen molar-refractivity contribution < 1.29 is 9.53 Å². The highest BCUT2D eigenvalue weighted by Crippen LogP contribution is 2.33. The molecule has 0 saturated carbocycles. The van der Waals surface area contributed by atoms with E-state index in [-0.39, 0.29) is 0 Å². The van der Waals surface area contributed by atoms with Crippen LogP contribution in [0.2, 0.25) is 0 Å². The number of hydrogen-bond donors (Lipinski definition) is 0. The second kappa shape index (κ2) is 5.62. The summed E-state index contributed by atoms with van der Waals surface area (Å²) in [4.78, 5) is 24.6. The molecular formula is C15H13N3O3. The van der Waals surface area contributed by atoms with Crippen molar-refractivity contribution in [3.8, 4) is 5.75 Å². The second-order valence-electron chi connectivity index (χ2n) is 4.53. The number of fused-ring (bicyclic) bond motifs is 1. The number of carbonyl (C=O) groups is 1. The zero-order valence-corrected chi connectivity index (χ0v) is 11.2. The van der Waals surface area contributed by atoms with Gasteiger partial charge in [0.05, 0.1) is 23.2 Å². The predicted octanol–water partition coefficient (Wildman–Crippen LogP) is 3.19. The Morgan fingerprint density at radius 3 is 2.33 bits per heavy atom. The van der Waals surface area contributed by atoms with E-state index in [1.807, 2.05) is 6.07 Å². The molecule has 2 aromatic carbocycles. The van der Waals surface area contributed by atoms with Crippen molar-refractivity contribution in [1.82, 2.24) is 0 Å². The van der Waals surface area contributed by atoms with Gasteiger partial charge in [0.2, 0.25) is 0 Å². The number of anilines is 2. The van der Waals surface area contributed by atoms with Gasteiger partial charge in [-0.25, -0.2) is 9.80 Å². The summed E-state index contributed by atoms with van der Waals surface area (Å²) in [6, 6.07) is 16.0. The van der Waals surface area contributed by atoms with E-state index in [1.54, 1.807) is 48.5 Å². The first-order valence-electron chi connectivity index (χ1n) is 6.54. The molecule has 6 nitrogen and oxygen atoms in total. The predicted molar refractivity (Wildman–Crippen MR) is 79.4 cm³/mol. The lowest BCUT2D eigenvalue weighted by atomic mass is 10.2. The lowest BCUT2D eigenvalue weighted by molar-refractivity contribution is 0.207. The summed E-state index contributed by atoms with van der Waals surface area (Å²) in [5.74, 6) is 0.482. The molecule has 0 N–H and O–H groups in total. The molecule has 0 saturated heterocycles. The summed E-state index contributed by atoms with van der Waals surface area (Å²) in [5, 5.41) is 4.31. The van der Waals surface area contributed by atoms with Crippen LogP contribution in [0.25, 0.3) is 0 Å². The SMILES string of the molecule is O=NN1CCN(C(=O)Oc2ccccc2)c2ccccc21. The Kier molecular flexibility index (Phi) is 3.51. The number of benzene rings is 2. The Hall–Kier alpha value is -2.89. The van der Waals surface area contributed by atoms with Gasteiger partial charge in [-0.05, 0) is 24.3 Å². The zero-order valence-electron chi connectivity index (χ0n) is 11.2. The molecule has 106 valence electrons. The average Bonchev–Trinajstić information content (AvgIpc) is 2.54. The van der Waals surface area contributed by atoms with Gasteiger partial charge >= 0.3 is 6.09 Å². The highest BCUT2D eigenvalue weighted by molar-refractivity contribution is 5.94. The van der Waals surface area contributed by atoms with Crippen LogP contribution in [0.1, 0.15) is 0 Å². The Bertz CT molecular complexity index is 660. The smallest absolute Gasteiger partial charge is 0.410 e. The molecule has 0 radical (unpaired) electrons. The molecule has 2 aromatic rings. The minimum Gasteiger partial charge on any atom is -0.410 e. The highest BCUT2D eigenvalue weighted by Gasteiger charge is 2.28. The van der Waals surface area contributed by atoms with Crippen molar-refractivity contribution in [3.05, 3.63) is 59.5 Å². The van der Waals surface area contributed by atoms with E-state index in [4.69, 9.17) is 4.74 Å². The standard InChI is InChI=1S/C15H13N3O3/c19-15(21-12-6-2-1-3-7-12)17-10-11-18(16-20)14-9-5-4-8-13(14)17/h1-9H,10-11H2. The quantitative estimate of drug-likeness (QED) is 0.794. The third-order valence-electron chi connectivity index (χ3n) is 3.25. The van der Waals surface area contributed by atoms with Gasteiger partial charge in [0.15, 0.2) is 0 Å². The molecule has 6 heteroatoms. The van der Waals surface area contributed by atoms with E-state index < -0.39 is 6.09 Å². The second-order valence-corrected chi connectivity index (χ2v) is 4.53. The Morgan fingerprint density at radius 1 is 0.952 bits per heavy atom. The number of hydrogen-bond acceptors (Lipinski definition) is 4. The number of para-hydroxylation sites is 3. The van der Waals surface area contributed by atoms with Gasteiger partial charge in [0.25, 0.3) is 0 Å². The molecule has 1 heterocycles. The average molecular weight is 283 g/mol. The van der Waals surface area contributed by atoms with Crippen molar-refractivity contribution in [1.29, 1.82) is 0 Å². The molecule has 0 aromatic heterocycles. The summed E-state index contributed by atoms with van der Waals surface area (Å²) in [5.41, 5.74) is 1.22. The summed E-state index contributed by atoms with van der Waals surface area (Å²) in [6.45, 7) is 0.679. The lowest BCUT2D eigenvalue weighted by Crippen LogP contribution is -2.43. The van der Waals surface area contributed by atoms with E-state index in [9.17, 15) is 9.70 Å². The van der Waals surface area contributed by atoms with E-state index in [1.165, 1.54) is 9.91 Å². The fourth-order valence-electron chi connectivity index (χ4n) is 2.27. The largest absolute Gasteiger partial charge is 0.419 e. The van der Waals surface area contributed by atoms with Crippen LogP contribution in [0.4, 0.5) is 16.2 Å². The van der Waals surface area contributed by atoms with Crippen LogP contribution in [0, 0.1) is 4.91 Å². The van der Waals surface area contributed by atoms with Crippen LogP contribution in [0.15, 0.2) is 59.9 Å². The summed E-state index contributed by atoms with van der Waals surface area (Å²) < 4.78 is 5.34. The molecule has 1 amide bonds. The number of nitrogens with zero attached hydrogens (tertiary/aromatic N) is 3. The topological polar surface area (TPSA) is 62.2 Å². The first kappa shape index (κ1) is 13.1. The third-order valence-corrected chi connectivity index (χ3v) is 3.25. The monoisotopic (exact) mass is 283 g/mol. The molecule has 0 aliphatic carbocycles. The summed E-state index contributed by atoms with van der Waals surface area (Å²) in [7, 11) is 0. The van der Waals surface area contributed by atoms with Crippen molar-refractivity contribution in [3.63, 3.8) is 0 Å². The number of nitroso groups, excluding NO2 is 1. The molecule has 1 aliphatic rings. The lowest BCUT2D eigenvalue weighted by Gasteiger charge is -2.32. The maximum atomic E-state index is 12.3. The molecule has 3 rings (SSSR count). The fraction of sp³-hybridized carbons (Fsp3) is 0.133. The van der Waals surface area contributed by atoms with Crippen molar-refractivity contribution in [2.75, 3.05) is 23.0 Å². The molecule has 0 bridgehead atoms. The number of carbonyl (C=O) groups excluding carboxylic acids is 1. The molecule has 1 aliphatic heterocycles. The van der Waals surface area contributed by atoms with Gasteiger partial charge in [0.1, 0.15) is 5.75 Å². The van der Waals surface area contributed by atoms with Gasteiger partial charge in [-0.15, -0.1) is 4.91 Å². The Labute approximate surface area is 121 Å². The van der Waals surface area contributed by atoms with Gasteiger partial charge in [-0.3, -0.25) is 4.90 Å². The first-order chi connectivity index (χ1) is 10.3. The molecule has 0 unspecified atom stereocenters. The van der Waals surface area contributed by atoms with Crippen LogP contribution in [0.5, 0.6) is 5.75 Å². The van der Waals surface area contributed by atoms with E-state index in [0.29, 0.717) is 30.2 Å². The van der Waals surface area contributed by atoms with E-state index >= 15 is 0 Å². The molecule has 0 spiro atoms. The Balaban J connectivity index is 1.86. The molecule has 0 fully saturated rings. The van der Waals surface area contributed by atoms with Crippen molar-refractivity contribution in [2.24, 2.45) is 5.29 Å². The van der Waals surface area contributed by atoms with E-state index in [0.717, 1.165) is 0 Å². The minimum absolute atomic E-state index is 0.338. The van der Waals surface area contributed by atoms with Gasteiger partial charge in [-0.1, -0.05) is 30.3 Å². The number of amides is 1. The van der Waals surface area contributed by atoms with Crippen molar-refractivity contribution >= 4 is 17.5 Å². The van der Waals surface area contributed by atoms with E-state index in [2.05, 4.69) is 5.29 Å². The fourth-order valence-corrected chi connectivity index (χ4v) is 2.27. The van der Waals surface area contributed by atoms with Gasteiger partial charge < -0.3 is 4.74 Å². The molecule has 21 heavy (non-hydrogen) atoms. The highest BCUT2D eigenvalue weighted by atomic mass is 16.6.